The maximum absolute atomic E-state index is 11.8. The number of methoxy groups -OCH3 is 2. The van der Waals surface area contributed by atoms with Crippen LogP contribution in [0, 0.1) is 0 Å². The molecule has 2 rings (SSSR count). The Morgan fingerprint density at radius 2 is 0.625 bits per heavy atom. The van der Waals surface area contributed by atoms with Crippen molar-refractivity contribution in [2.45, 2.75) is 495 Å². The van der Waals surface area contributed by atoms with E-state index in [9.17, 15) is 47.9 Å². The Bertz CT molecular complexity index is 2960. The zero-order chi connectivity index (χ0) is 104. The van der Waals surface area contributed by atoms with Crippen LogP contribution in [0.15, 0.2) is 72.9 Å². The molecule has 2 aliphatic heterocycles. The van der Waals surface area contributed by atoms with Crippen molar-refractivity contribution >= 4 is 155 Å². The van der Waals surface area contributed by atoms with E-state index >= 15 is 0 Å². The van der Waals surface area contributed by atoms with Crippen LogP contribution in [0.5, 0.6) is 0 Å². The lowest BCUT2D eigenvalue weighted by Gasteiger charge is -2.33. The fraction of sp³-hybridized carbons (Fsp3) is 0.798. The van der Waals surface area contributed by atoms with Gasteiger partial charge in [0, 0.05) is 64.4 Å². The summed E-state index contributed by atoms with van der Waals surface area (Å²) in [5.41, 5.74) is -1.88. The second-order valence-electron chi connectivity index (χ2n) is 38.5. The van der Waals surface area contributed by atoms with E-state index in [4.69, 9.17) is 39.0 Å². The molecule has 798 valence electrons. The van der Waals surface area contributed by atoms with Gasteiger partial charge in [-0.3, -0.25) is 47.9 Å². The third-order valence-electron chi connectivity index (χ3n) is 18.7. The predicted molar refractivity (Wildman–Crippen MR) is 597 cm³/mol. The van der Waals surface area contributed by atoms with Gasteiger partial charge in [0.25, 0.3) is 0 Å². The third kappa shape index (κ3) is 136. The number of thioether (sulfide) groups is 4. The van der Waals surface area contributed by atoms with Crippen LogP contribution in [-0.4, -0.2) is 172 Å². The fourth-order valence-electron chi connectivity index (χ4n) is 12.0. The van der Waals surface area contributed by atoms with Gasteiger partial charge in [0.1, 0.15) is 34.3 Å². The highest BCUT2D eigenvalue weighted by atomic mass is 127. The van der Waals surface area contributed by atoms with Crippen LogP contribution >= 0.6 is 94.9 Å². The number of hydrogen-bond donors (Lipinski definition) is 5. The van der Waals surface area contributed by atoms with Gasteiger partial charge in [0.15, 0.2) is 0 Å². The van der Waals surface area contributed by atoms with Crippen LogP contribution in [0.1, 0.15) is 459 Å². The quantitative estimate of drug-likeness (QED) is 0.00435. The number of aliphatic hydroxyl groups is 1. The number of carboxylic acid groups (broad SMARTS) is 2. The number of aldehydes is 1. The van der Waals surface area contributed by atoms with Crippen molar-refractivity contribution in [3.8, 4) is 0 Å². The number of unbranched alkanes of at least 4 members (excludes halogenated alkanes) is 30. The lowest BCUT2D eigenvalue weighted by atomic mass is 10.1. The molecular weight excluding hydrogens is 1950 g/mol. The number of allylic oxidation sites excluding steroid dienone is 10. The molecule has 27 heteroatoms. The summed E-state index contributed by atoms with van der Waals surface area (Å²) in [4.78, 5) is 109. The average molecular weight is 2150 g/mol. The summed E-state index contributed by atoms with van der Waals surface area (Å²) in [7, 11) is 2.76. The first-order valence-electron chi connectivity index (χ1n) is 51.4. The number of carbonyl (C=O) groups excluding carboxylic acids is 8. The molecule has 0 atom stereocenters. The molecule has 0 aliphatic carbocycles. The van der Waals surface area contributed by atoms with Crippen molar-refractivity contribution in [2.75, 3.05) is 59.8 Å². The lowest BCUT2D eigenvalue weighted by Crippen LogP contribution is -2.23. The predicted octanol–water partition coefficient (Wildman–Crippen LogP) is 31.3. The van der Waals surface area contributed by atoms with Gasteiger partial charge in [-0.15, -0.1) is 47.0 Å². The molecule has 136 heavy (non-hydrogen) atoms. The second-order valence-corrected chi connectivity index (χ2v) is 46.4. The van der Waals surface area contributed by atoms with Crippen molar-refractivity contribution in [1.82, 2.24) is 0 Å². The largest absolute Gasteiger partial charge is 0.481 e. The van der Waals surface area contributed by atoms with Gasteiger partial charge in [-0.2, -0.15) is 25.3 Å². The van der Waals surface area contributed by atoms with Gasteiger partial charge in [0.2, 0.25) is 0 Å². The fourth-order valence-corrected chi connectivity index (χ4v) is 18.9. The van der Waals surface area contributed by atoms with Gasteiger partial charge in [0.05, 0.1) is 22.9 Å². The van der Waals surface area contributed by atoms with E-state index < -0.39 is 23.1 Å². The lowest BCUT2D eigenvalue weighted by molar-refractivity contribution is -0.156. The van der Waals surface area contributed by atoms with E-state index in [2.05, 4.69) is 180 Å². The van der Waals surface area contributed by atoms with Gasteiger partial charge in [-0.05, 0) is 284 Å². The van der Waals surface area contributed by atoms with Crippen molar-refractivity contribution in [2.24, 2.45) is 0 Å². The molecule has 2 saturated heterocycles. The maximum atomic E-state index is 11.8. The summed E-state index contributed by atoms with van der Waals surface area (Å²) >= 11 is 18.7. The van der Waals surface area contributed by atoms with Crippen LogP contribution < -0.4 is 0 Å². The molecule has 0 aromatic rings. The van der Waals surface area contributed by atoms with E-state index in [0.717, 1.165) is 153 Å². The Labute approximate surface area is 872 Å². The second kappa shape index (κ2) is 104. The maximum Gasteiger partial charge on any atom is 0.306 e. The summed E-state index contributed by atoms with van der Waals surface area (Å²) in [5, 5.41) is 25.3. The topological polar surface area (TPSA) is 296 Å². The number of aliphatic hydroxyl groups excluding tert-OH is 1. The van der Waals surface area contributed by atoms with Crippen LogP contribution in [0.2, 0.25) is 0 Å². The molecule has 0 bridgehead atoms. The summed E-state index contributed by atoms with van der Waals surface area (Å²) in [6.45, 7) is 35.2. The molecule has 0 saturated carbocycles. The van der Waals surface area contributed by atoms with E-state index in [1.165, 1.54) is 176 Å². The number of hydrogen-bond acceptors (Lipinski definition) is 24. The van der Waals surface area contributed by atoms with Crippen LogP contribution in [-0.2, 0) is 81.1 Å². The Hall–Kier alpha value is -3.87. The Kier molecular flexibility index (Phi) is 111. The first-order valence-corrected chi connectivity index (χ1v) is 58.2. The van der Waals surface area contributed by atoms with Crippen LogP contribution in [0.4, 0.5) is 0 Å². The number of ether oxygens (including phenoxy) is 7. The molecule has 0 unspecified atom stereocenters. The number of thiol groups is 2. The molecular formula is C109H199IO20S6. The van der Waals surface area contributed by atoms with E-state index in [1.807, 2.05) is 110 Å². The number of esters is 7. The van der Waals surface area contributed by atoms with Crippen molar-refractivity contribution in [3.05, 3.63) is 72.9 Å². The Balaban J connectivity index is -0.000000282. The Morgan fingerprint density at radius 1 is 0.346 bits per heavy atom. The molecule has 20 nitrogen and oxygen atoms in total. The molecule has 0 amide bonds. The minimum Gasteiger partial charge on any atom is -0.481 e. The number of carbonyl (C=O) groups is 10. The molecule has 2 aliphatic rings. The van der Waals surface area contributed by atoms with Crippen LogP contribution in [0.3, 0.4) is 0 Å². The summed E-state index contributed by atoms with van der Waals surface area (Å²) in [6.07, 6.45) is 77.4. The SMILES string of the molecule is CC(C)(C)OC(=O)CCCCCCC(=O)O.CC(C)(C)OC(=O)CCCCCCCI.CC(C)(C)OC(=O)CCCCCCCO.CCCCC/C=C/C=C/C1(CCCCCCCC(=O)OC(C)(C)C)SCCCS1.CCCCC/C=C/C=C/C1SCCCS1.CCCCC/C=C/C=C/C=O.COC(=O)CCCCCCC(=O)O.COC(=O)CCCCCCC(=O)OC(C)(C)C.SCCCS. The molecule has 0 radical (unpaired) electrons. The highest BCUT2D eigenvalue weighted by Crippen LogP contribution is 2.47. The van der Waals surface area contributed by atoms with E-state index in [-0.39, 0.29) is 82.1 Å². The van der Waals surface area contributed by atoms with Crippen molar-refractivity contribution < 1.29 is 96.4 Å². The number of aliphatic carboxylic acids is 2. The molecule has 2 fully saturated rings. The number of rotatable bonds is 63. The molecule has 3 N–H and O–H groups in total. The Morgan fingerprint density at radius 3 is 0.904 bits per heavy atom. The molecule has 2 heterocycles. The standard InChI is InChI=1S/C25H44O2S2.C13H24O4.C13H22S2.C12H23IO2.C12H22O4.C12H24O3.C10H16O.C9H16O4.C3H8S2/c1-5-6-7-8-9-12-15-19-25(28-21-17-22-29-25)20-16-13-10-11-14-18-23(26)27-24(2,3)4;1-13(2,3)17-12(15)10-8-6-5-7-9-11(14)16-4;1-2-3-4-5-6-7-8-10-13-14-11-9-12-15-13;1-12(2,3)15-11(14)9-7-5-4-6-8-10-13;1-12(2,3)16-11(15)9-7-5-4-6-8-10(13)14;1-12(2,3)15-11(14)9-7-5-4-6-8-10-13;1-2-3-4-5-6-7-8-9-10-11;1-13-9(12)7-5-3-2-4-6-8(10)11;4-2-1-3-5/h9,12,15,19H,5-8,10-11,13-14,16-18,20-22H2,1-4H3;5-10H2,1-4H3;6-8,10,13H,2-5,9,11-12H2,1H3;4-10H2,1-3H3;4-9H2,1-3H3,(H,13,14);13H,4-10H2,1-3H3;6-10H,2-5H2,1H3;2-7H2,1H3,(H,10,11);4-5H,1-3H2/b12-9+,19-15+;;7-6+,10-8+;;;;7-6+,9-8+;;. The molecule has 0 aromatic carbocycles. The average Bonchev–Trinajstić information content (AvgIpc) is 0.851. The first-order chi connectivity index (χ1) is 64.4. The smallest absolute Gasteiger partial charge is 0.306 e. The number of alkyl halides is 1. The van der Waals surface area contributed by atoms with Gasteiger partial charge in [-0.25, -0.2) is 0 Å². The van der Waals surface area contributed by atoms with Gasteiger partial charge < -0.3 is 48.5 Å². The van der Waals surface area contributed by atoms with Crippen molar-refractivity contribution in [3.63, 3.8) is 0 Å². The molecule has 0 spiro atoms. The zero-order valence-electron chi connectivity index (χ0n) is 89.2. The van der Waals surface area contributed by atoms with Crippen LogP contribution in [0.25, 0.3) is 0 Å². The number of halogens is 1. The highest BCUT2D eigenvalue weighted by molar-refractivity contribution is 14.1. The monoisotopic (exact) mass is 2150 g/mol. The minimum atomic E-state index is -0.757. The van der Waals surface area contributed by atoms with E-state index in [0.29, 0.717) is 62.4 Å². The summed E-state index contributed by atoms with van der Waals surface area (Å²) in [5.74, 6) is 4.74. The van der Waals surface area contributed by atoms with E-state index in [1.54, 1.807) is 6.08 Å². The molecule has 0 aromatic heterocycles. The van der Waals surface area contributed by atoms with Crippen molar-refractivity contribution in [1.29, 1.82) is 0 Å². The number of carboxylic acids is 2. The summed E-state index contributed by atoms with van der Waals surface area (Å²) < 4.78 is 37.3. The third-order valence-corrected chi connectivity index (χ3v) is 26.3. The first kappa shape index (κ1) is 145. The zero-order valence-corrected chi connectivity index (χ0v) is 96.4. The van der Waals surface area contributed by atoms with Gasteiger partial charge >= 0.3 is 53.7 Å². The summed E-state index contributed by atoms with van der Waals surface area (Å²) in [6, 6.07) is 0. The minimum absolute atomic E-state index is 0.0562. The van der Waals surface area contributed by atoms with Gasteiger partial charge in [-0.1, -0.05) is 251 Å². The highest BCUT2D eigenvalue weighted by Gasteiger charge is 2.30. The normalized spacial score (nSPS) is 13.2.